The number of rotatable bonds is 3. The van der Waals surface area contributed by atoms with Gasteiger partial charge in [-0.1, -0.05) is 42.5 Å². The van der Waals surface area contributed by atoms with E-state index in [1.165, 1.54) is 10.8 Å². The fourth-order valence-electron chi connectivity index (χ4n) is 2.57. The second kappa shape index (κ2) is 5.44. The molecule has 3 aromatic rings. The minimum atomic E-state index is -0.0193. The molecule has 0 saturated carbocycles. The SMILES string of the molecule is Cc1occc1C(=O)N(C)Cc1cccc2ccccc12. The number of fused-ring (bicyclic) bond motifs is 1. The number of carbonyl (C=O) groups excluding carboxylic acids is 1. The fraction of sp³-hybridized carbons (Fsp3) is 0.167. The summed E-state index contributed by atoms with van der Waals surface area (Å²) in [6.07, 6.45) is 1.55. The molecule has 0 N–H and O–H groups in total. The Morgan fingerprint density at radius 3 is 2.62 bits per heavy atom. The van der Waals surface area contributed by atoms with Gasteiger partial charge in [0.15, 0.2) is 0 Å². The summed E-state index contributed by atoms with van der Waals surface area (Å²) in [7, 11) is 1.82. The van der Waals surface area contributed by atoms with Crippen molar-refractivity contribution in [2.75, 3.05) is 7.05 Å². The average Bonchev–Trinajstić information content (AvgIpc) is 2.93. The predicted molar refractivity (Wildman–Crippen MR) is 83.2 cm³/mol. The summed E-state index contributed by atoms with van der Waals surface area (Å²) in [6.45, 7) is 2.38. The molecule has 3 rings (SSSR count). The molecule has 1 aromatic heterocycles. The highest BCUT2D eigenvalue weighted by atomic mass is 16.3. The smallest absolute Gasteiger partial charge is 0.257 e. The van der Waals surface area contributed by atoms with Gasteiger partial charge >= 0.3 is 0 Å². The molecule has 0 bridgehead atoms. The number of nitrogens with zero attached hydrogens (tertiary/aromatic N) is 1. The lowest BCUT2D eigenvalue weighted by Gasteiger charge is -2.18. The Morgan fingerprint density at radius 1 is 1.10 bits per heavy atom. The maximum Gasteiger partial charge on any atom is 0.257 e. The van der Waals surface area contributed by atoms with Gasteiger partial charge in [-0.25, -0.2) is 0 Å². The zero-order chi connectivity index (χ0) is 14.8. The zero-order valence-electron chi connectivity index (χ0n) is 12.2. The van der Waals surface area contributed by atoms with Crippen molar-refractivity contribution >= 4 is 16.7 Å². The van der Waals surface area contributed by atoms with Crippen LogP contribution in [-0.2, 0) is 6.54 Å². The molecule has 0 atom stereocenters. The van der Waals surface area contributed by atoms with Gasteiger partial charge in [-0.2, -0.15) is 0 Å². The van der Waals surface area contributed by atoms with E-state index in [0.29, 0.717) is 17.9 Å². The molecule has 0 fully saturated rings. The van der Waals surface area contributed by atoms with Crippen LogP contribution in [0.2, 0.25) is 0 Å². The normalized spacial score (nSPS) is 10.8. The van der Waals surface area contributed by atoms with Gasteiger partial charge in [-0.05, 0) is 29.3 Å². The molecule has 1 amide bonds. The summed E-state index contributed by atoms with van der Waals surface area (Å²) < 4.78 is 5.21. The molecule has 1 heterocycles. The average molecular weight is 279 g/mol. The zero-order valence-corrected chi connectivity index (χ0v) is 12.2. The molecule has 0 unspecified atom stereocenters. The van der Waals surface area contributed by atoms with Gasteiger partial charge in [-0.3, -0.25) is 4.79 Å². The second-order valence-corrected chi connectivity index (χ2v) is 5.19. The van der Waals surface area contributed by atoms with Crippen molar-refractivity contribution in [3.63, 3.8) is 0 Å². The third-order valence-electron chi connectivity index (χ3n) is 3.72. The van der Waals surface area contributed by atoms with Gasteiger partial charge in [0.25, 0.3) is 5.91 Å². The van der Waals surface area contributed by atoms with Gasteiger partial charge in [0.1, 0.15) is 5.76 Å². The number of amides is 1. The van der Waals surface area contributed by atoms with Crippen LogP contribution in [0.15, 0.2) is 59.2 Å². The van der Waals surface area contributed by atoms with Crippen LogP contribution in [0.25, 0.3) is 10.8 Å². The summed E-state index contributed by atoms with van der Waals surface area (Å²) in [5.41, 5.74) is 1.77. The lowest BCUT2D eigenvalue weighted by molar-refractivity contribution is 0.0784. The van der Waals surface area contributed by atoms with Crippen LogP contribution < -0.4 is 0 Å². The first-order chi connectivity index (χ1) is 10.2. The Bertz CT molecular complexity index is 783. The predicted octanol–water partition coefficient (Wildman–Crippen LogP) is 4.01. The maximum atomic E-state index is 12.4. The van der Waals surface area contributed by atoms with Crippen LogP contribution >= 0.6 is 0 Å². The molecule has 0 spiro atoms. The number of aryl methyl sites for hydroxylation is 1. The number of carbonyl (C=O) groups is 1. The summed E-state index contributed by atoms with van der Waals surface area (Å²) in [5.74, 6) is 0.638. The van der Waals surface area contributed by atoms with Gasteiger partial charge in [0, 0.05) is 13.6 Å². The van der Waals surface area contributed by atoms with Crippen molar-refractivity contribution in [2.45, 2.75) is 13.5 Å². The molecular formula is C18H17NO2. The lowest BCUT2D eigenvalue weighted by Crippen LogP contribution is -2.26. The minimum Gasteiger partial charge on any atom is -0.469 e. The summed E-state index contributed by atoms with van der Waals surface area (Å²) in [6, 6.07) is 16.1. The van der Waals surface area contributed by atoms with E-state index in [9.17, 15) is 4.79 Å². The molecule has 0 aliphatic rings. The first-order valence-corrected chi connectivity index (χ1v) is 6.93. The Kier molecular flexibility index (Phi) is 3.48. The maximum absolute atomic E-state index is 12.4. The Balaban J connectivity index is 1.88. The quantitative estimate of drug-likeness (QED) is 0.725. The molecule has 0 aliphatic heterocycles. The Labute approximate surface area is 123 Å². The molecule has 2 aromatic carbocycles. The van der Waals surface area contributed by atoms with Crippen LogP contribution in [0.3, 0.4) is 0 Å². The van der Waals surface area contributed by atoms with Crippen LogP contribution in [0.4, 0.5) is 0 Å². The third kappa shape index (κ3) is 2.55. The van der Waals surface area contributed by atoms with Gasteiger partial charge in [0.2, 0.25) is 0 Å². The summed E-state index contributed by atoms with van der Waals surface area (Å²) in [4.78, 5) is 14.2. The number of furan rings is 1. The van der Waals surface area contributed by atoms with E-state index in [0.717, 1.165) is 5.56 Å². The second-order valence-electron chi connectivity index (χ2n) is 5.19. The summed E-state index contributed by atoms with van der Waals surface area (Å²) in [5, 5.41) is 2.37. The third-order valence-corrected chi connectivity index (χ3v) is 3.72. The van der Waals surface area contributed by atoms with Gasteiger partial charge in [-0.15, -0.1) is 0 Å². The standard InChI is InChI=1S/C18H17NO2/c1-13-16(10-11-21-13)18(20)19(2)12-15-8-5-7-14-6-3-4-9-17(14)15/h3-11H,12H2,1-2H3. The molecular weight excluding hydrogens is 262 g/mol. The van der Waals surface area contributed by atoms with Crippen molar-refractivity contribution in [2.24, 2.45) is 0 Å². The Hall–Kier alpha value is -2.55. The molecule has 0 saturated heterocycles. The number of benzene rings is 2. The van der Waals surface area contributed by atoms with Crippen molar-refractivity contribution in [3.05, 3.63) is 71.7 Å². The van der Waals surface area contributed by atoms with Gasteiger partial charge < -0.3 is 9.32 Å². The number of hydrogen-bond donors (Lipinski definition) is 0. The van der Waals surface area contributed by atoms with E-state index in [1.807, 2.05) is 25.2 Å². The molecule has 0 radical (unpaired) electrons. The van der Waals surface area contributed by atoms with Crippen LogP contribution in [0.5, 0.6) is 0 Å². The first kappa shape index (κ1) is 13.4. The van der Waals surface area contributed by atoms with Crippen LogP contribution in [0, 0.1) is 6.92 Å². The van der Waals surface area contributed by atoms with E-state index in [1.54, 1.807) is 24.2 Å². The Morgan fingerprint density at radius 2 is 1.86 bits per heavy atom. The largest absolute Gasteiger partial charge is 0.469 e. The van der Waals surface area contributed by atoms with Crippen molar-refractivity contribution in [3.8, 4) is 0 Å². The highest BCUT2D eigenvalue weighted by Gasteiger charge is 2.16. The van der Waals surface area contributed by atoms with E-state index in [-0.39, 0.29) is 5.91 Å². The lowest BCUT2D eigenvalue weighted by atomic mass is 10.0. The first-order valence-electron chi connectivity index (χ1n) is 6.93. The van der Waals surface area contributed by atoms with E-state index in [2.05, 4.69) is 24.3 Å². The molecule has 3 nitrogen and oxygen atoms in total. The molecule has 106 valence electrons. The summed E-state index contributed by atoms with van der Waals surface area (Å²) >= 11 is 0. The van der Waals surface area contributed by atoms with Crippen LogP contribution in [0.1, 0.15) is 21.7 Å². The van der Waals surface area contributed by atoms with E-state index < -0.39 is 0 Å². The van der Waals surface area contributed by atoms with E-state index >= 15 is 0 Å². The monoisotopic (exact) mass is 279 g/mol. The van der Waals surface area contributed by atoms with Crippen LogP contribution in [-0.4, -0.2) is 17.9 Å². The van der Waals surface area contributed by atoms with Gasteiger partial charge in [0.05, 0.1) is 11.8 Å². The molecule has 0 aliphatic carbocycles. The van der Waals surface area contributed by atoms with E-state index in [4.69, 9.17) is 4.42 Å². The fourth-order valence-corrected chi connectivity index (χ4v) is 2.57. The molecule has 3 heteroatoms. The minimum absolute atomic E-state index is 0.0193. The highest BCUT2D eigenvalue weighted by Crippen LogP contribution is 2.20. The van der Waals surface area contributed by atoms with Crippen molar-refractivity contribution in [1.29, 1.82) is 0 Å². The van der Waals surface area contributed by atoms with Crippen molar-refractivity contribution in [1.82, 2.24) is 4.90 Å². The number of hydrogen-bond acceptors (Lipinski definition) is 2. The highest BCUT2D eigenvalue weighted by molar-refractivity contribution is 5.95. The topological polar surface area (TPSA) is 33.5 Å². The molecule has 21 heavy (non-hydrogen) atoms. The van der Waals surface area contributed by atoms with Crippen molar-refractivity contribution < 1.29 is 9.21 Å².